The Morgan fingerprint density at radius 2 is 0.606 bits per heavy atom. The van der Waals surface area contributed by atoms with Crippen LogP contribution in [0.4, 0.5) is 60.9 Å². The highest BCUT2D eigenvalue weighted by atomic mass is 32.7. The minimum absolute atomic E-state index is 0.0502. The van der Waals surface area contributed by atoms with Crippen LogP contribution in [-0.4, -0.2) is 285 Å². The molecule has 6 bridgehead atoms. The lowest BCUT2D eigenvalue weighted by atomic mass is 10.1. The Bertz CT molecular complexity index is 6140. The van der Waals surface area contributed by atoms with Crippen molar-refractivity contribution in [3.63, 3.8) is 0 Å². The summed E-state index contributed by atoms with van der Waals surface area (Å²) in [6.45, 7) is -12.3. The summed E-state index contributed by atoms with van der Waals surface area (Å²) in [5.74, 6) is 0.197. The van der Waals surface area contributed by atoms with Gasteiger partial charge in [-0.3, -0.25) is 50.0 Å². The molecular formula is C63H75B3F6N27O25P6S2-3. The number of phosphoric ester groups is 1. The Morgan fingerprint density at radius 1 is 0.333 bits per heavy atom. The Balaban J connectivity index is 0.000000128. The average molecular weight is 2010 g/mol. The van der Waals surface area contributed by atoms with Gasteiger partial charge in [-0.1, -0.05) is 12.2 Å². The molecule has 0 radical (unpaired) electrons. The number of hydrogen-bond donors (Lipinski definition) is 9. The predicted octanol–water partition coefficient (Wildman–Crippen LogP) is 1.95. The predicted molar refractivity (Wildman–Crippen MR) is 458 cm³/mol. The van der Waals surface area contributed by atoms with Gasteiger partial charge in [0.2, 0.25) is 0 Å². The van der Waals surface area contributed by atoms with Crippen LogP contribution in [0.3, 0.4) is 0 Å². The molecular weight excluding hydrogens is 1930 g/mol. The lowest BCUT2D eigenvalue weighted by Gasteiger charge is -2.29. The van der Waals surface area contributed by atoms with Crippen molar-refractivity contribution in [2.24, 2.45) is 0 Å². The highest BCUT2D eigenvalue weighted by molar-refractivity contribution is 8.44. The first kappa shape index (κ1) is 92.5. The first-order valence-electron chi connectivity index (χ1n) is 37.9. The van der Waals surface area contributed by atoms with Gasteiger partial charge in [-0.05, 0) is 30.0 Å². The summed E-state index contributed by atoms with van der Waals surface area (Å²) in [4.78, 5) is 83.4. The van der Waals surface area contributed by atoms with Crippen molar-refractivity contribution in [2.45, 2.75) is 148 Å². The maximum atomic E-state index is 16.0. The van der Waals surface area contributed by atoms with E-state index in [0.29, 0.717) is 22.4 Å². The number of imidazole rings is 6. The number of rotatable bonds is 6. The average Bonchev–Trinajstić information content (AvgIpc) is 1.63. The van der Waals surface area contributed by atoms with Crippen molar-refractivity contribution in [1.29, 1.82) is 0 Å². The van der Waals surface area contributed by atoms with E-state index in [0.717, 1.165) is 6.33 Å². The van der Waals surface area contributed by atoms with Crippen LogP contribution in [0.15, 0.2) is 93.7 Å². The number of alkyl halides is 6. The molecule has 0 aromatic carbocycles. The molecule has 9 aliphatic rings. The van der Waals surface area contributed by atoms with E-state index in [9.17, 15) is 32.6 Å². The van der Waals surface area contributed by atoms with Crippen molar-refractivity contribution >= 4 is 192 Å². The second kappa shape index (κ2) is 35.5. The molecule has 30 atom stereocenters. The third-order valence-corrected chi connectivity index (χ3v) is 28.0. The van der Waals surface area contributed by atoms with Crippen molar-refractivity contribution in [3.8, 4) is 0 Å². The van der Waals surface area contributed by atoms with E-state index in [1.54, 1.807) is 12.1 Å². The Morgan fingerprint density at radius 3 is 0.970 bits per heavy atom. The number of nitrogen functional groups attached to an aromatic ring is 6. The van der Waals surface area contributed by atoms with Gasteiger partial charge in [-0.2, -0.15) is 0 Å². The van der Waals surface area contributed by atoms with E-state index in [4.69, 9.17) is 129 Å². The number of aromatic nitrogens is 21. The Kier molecular flexibility index (Phi) is 24.9. The number of thiol groups is 1. The molecule has 8 unspecified atom stereocenters. The number of pyridine rings is 3. The smallest absolute Gasteiger partial charge is 0.397 e. The molecule has 12 aromatic heterocycles. The van der Waals surface area contributed by atoms with Crippen LogP contribution in [0.25, 0.3) is 67.0 Å². The highest BCUT2D eigenvalue weighted by Gasteiger charge is 2.59. The number of anilines is 6. The standard InChI is InChI=1S/C21H25BF2N9O9P2.2C21H25BF2N9O8P2S/c22-43(34)37-3-9-11(23)16(21(39-9)33-6-30-13-8(25)1-2-27-18(13)33)42-44(35,36)38-4-10-15(41-43)12(24)20(40-10)32-7-31-14-17(26)28-5-29-19(14)32;22-42(34)36-4-10-15(12(24)20(39-10)32-7-31-14-17(26)28-5-29-19(14)32)41-43(35,44)37-3-9-11(23)16(40-42)21(38-9)33-6-30-13-8(25)1-2-27-18(13)33;22-42(34)36-3-9-11(23)16(21(38-9)33-6-30-13-8(25)1-2-27-18(13)33)41-43(35,44)37-4-10-15(40-42)12(24)20(39-10)32-7-31-14-17(26)28-5-29-19(14)32/h1-2,5-7,9-12,15-16,20-21H,3-4H2,22H3,(H2,25,27)(H,35,36)(H2,26,28,29);2*1-2,5-7,9-12,15-16,20-21H,3-4H2,22H3,(H2,25,27)(H,35,44)(H2,26,28,29)/q3*-1/t9-,10-,11?,12-,15-,16-,20-,21-,43?;9-,10-,11-,12-,15-,16-,20-,21-,42?,43?;9-,10-,11?,12-,15-,16-,20-,21-,42?,43?/m111/s1. The highest BCUT2D eigenvalue weighted by Crippen LogP contribution is 2.61. The molecule has 9 aliphatic heterocycles. The molecule has 21 rings (SSSR count). The van der Waals surface area contributed by atoms with Gasteiger partial charge in [0.15, 0.2) is 126 Å². The summed E-state index contributed by atoms with van der Waals surface area (Å²) < 4.78 is 273. The van der Waals surface area contributed by atoms with Crippen LogP contribution < -0.4 is 34.4 Å². The number of nitrogens with zero attached hydrogens (tertiary/aromatic N) is 21. The van der Waals surface area contributed by atoms with Crippen LogP contribution in [0.1, 0.15) is 37.4 Å². The van der Waals surface area contributed by atoms with Gasteiger partial charge >= 0.3 is 21.3 Å². The molecule has 9 fully saturated rings. The number of phosphoric acid groups is 1. The molecule has 0 amide bonds. The summed E-state index contributed by atoms with van der Waals surface area (Å²) in [6.07, 6.45) is -21.9. The zero-order valence-corrected chi connectivity index (χ0v) is 71.8. The fraction of sp³-hybridized carbons (Fsp3) is 0.476. The van der Waals surface area contributed by atoms with E-state index >= 15 is 26.3 Å². The van der Waals surface area contributed by atoms with Crippen molar-refractivity contribution in [1.82, 2.24) is 102 Å². The van der Waals surface area contributed by atoms with Crippen LogP contribution in [0.5, 0.6) is 0 Å². The molecule has 9 saturated heterocycles. The van der Waals surface area contributed by atoms with Gasteiger partial charge in [0.05, 0.1) is 117 Å². The largest absolute Gasteiger partial charge is 0.472 e. The Hall–Kier alpha value is -8.57. The molecule has 52 nitrogen and oxygen atoms in total. The maximum Gasteiger partial charge on any atom is 0.472 e. The second-order valence-corrected chi connectivity index (χ2v) is 39.1. The minimum atomic E-state index is -5.08. The Labute approximate surface area is 747 Å². The number of hydrogen-bond acceptors (Lipinski definition) is 45. The quantitative estimate of drug-likeness (QED) is 0.0497. The van der Waals surface area contributed by atoms with E-state index in [1.807, 2.05) is 0 Å². The monoisotopic (exact) mass is 2010 g/mol. The summed E-state index contributed by atoms with van der Waals surface area (Å²) in [7, 11) is -20.5. The first-order valence-corrected chi connectivity index (χ1v) is 48.0. The summed E-state index contributed by atoms with van der Waals surface area (Å²) in [5.41, 5.74) is 39.2. The molecule has 0 saturated carbocycles. The van der Waals surface area contributed by atoms with Crippen LogP contribution in [0.2, 0.25) is 0 Å². The number of halogens is 6. The molecule has 708 valence electrons. The summed E-state index contributed by atoms with van der Waals surface area (Å²) in [5, 5.41) is 0. The lowest BCUT2D eigenvalue weighted by molar-refractivity contribution is -0.0630. The second-order valence-electron chi connectivity index (χ2n) is 29.2. The van der Waals surface area contributed by atoms with E-state index < -0.39 is 254 Å². The molecule has 14 N–H and O–H groups in total. The molecule has 132 heavy (non-hydrogen) atoms. The number of fused-ring (bicyclic) bond motifs is 15. The SMILES string of the molecule is [BH3-]P1(=O)OC[C@H]2O[C@@H](n3cnc4c(N)ccnc43)[C@H](OP(=O)(O)OC[C@H]3O[C@@H](n4cnc5c(N)ncnc54)[C@H](F)[C@@H]3O1)C2F.[BH3-]P1(=O)OC[C@H]2O[C@@H](n3cnc4c(N)ccnc43)[C@H](OP(O)(=S)OC[C@H]3O[C@@H](n4cnc5c(N)ncnc54)[C@H](F)[C@@H]3O1)C2F.[BH3-]P1(=O)OC[C@H]2O[C@@H](n3cnc4c(N)ncnc43)[C@H](F)[C@@H]2OP(=O)(S)OC[C@H]2O[C@@H](n3cnc4c(N)ccnc43)[C@H](O1)[C@@H]2F. The topological polar surface area (TPSA) is 671 Å². The van der Waals surface area contributed by atoms with E-state index in [1.165, 1.54) is 103 Å². The normalized spacial score (nSPS) is 38.3. The van der Waals surface area contributed by atoms with Crippen molar-refractivity contribution in [3.05, 3.63) is 93.7 Å². The molecule has 69 heteroatoms. The molecule has 21 heterocycles. The van der Waals surface area contributed by atoms with E-state index in [-0.39, 0.29) is 79.1 Å². The lowest BCUT2D eigenvalue weighted by Crippen LogP contribution is -2.34. The van der Waals surface area contributed by atoms with Crippen LogP contribution in [-0.2, 0) is 117 Å². The van der Waals surface area contributed by atoms with Gasteiger partial charge in [-0.25, -0.2) is 110 Å². The summed E-state index contributed by atoms with van der Waals surface area (Å²) >= 11 is 9.23. The van der Waals surface area contributed by atoms with Crippen molar-refractivity contribution in [2.75, 3.05) is 74.0 Å². The zero-order chi connectivity index (χ0) is 92.9. The van der Waals surface area contributed by atoms with Gasteiger partial charge in [0.25, 0.3) is 0 Å². The minimum Gasteiger partial charge on any atom is -0.397 e. The molecule has 12 aromatic rings. The maximum absolute atomic E-state index is 16.0. The molecule has 0 aliphatic carbocycles. The third-order valence-electron chi connectivity index (χ3n) is 21.5. The van der Waals surface area contributed by atoms with Crippen LogP contribution in [0, 0.1) is 0 Å². The van der Waals surface area contributed by atoms with E-state index in [2.05, 4.69) is 87.0 Å². The number of nitrogens with two attached hydrogens (primary N) is 6. The van der Waals surface area contributed by atoms with Gasteiger partial charge in [0.1, 0.15) is 148 Å². The van der Waals surface area contributed by atoms with Crippen LogP contribution >= 0.6 is 56.0 Å². The van der Waals surface area contributed by atoms with Gasteiger partial charge in [-0.15, -0.1) is 0 Å². The fourth-order valence-electron chi connectivity index (χ4n) is 15.5. The fourth-order valence-corrected chi connectivity index (χ4v) is 21.6. The third kappa shape index (κ3) is 17.7. The van der Waals surface area contributed by atoms with Gasteiger partial charge < -0.3 is 118 Å². The van der Waals surface area contributed by atoms with Crippen molar-refractivity contribution < 1.29 is 142 Å². The number of ether oxygens (including phenoxy) is 6. The first-order chi connectivity index (χ1) is 62.8. The molecule has 0 spiro atoms. The zero-order valence-electron chi connectivity index (χ0n) is 64.7. The van der Waals surface area contributed by atoms with Gasteiger partial charge in [0, 0.05) is 18.6 Å². The summed E-state index contributed by atoms with van der Waals surface area (Å²) in [6, 6.07) is 4.61.